The molecule has 0 saturated carbocycles. The van der Waals surface area contributed by atoms with Crippen molar-refractivity contribution in [1.29, 1.82) is 0 Å². The lowest BCUT2D eigenvalue weighted by Gasteiger charge is -2.07. The summed E-state index contributed by atoms with van der Waals surface area (Å²) in [5, 5.41) is 3.16. The van der Waals surface area contributed by atoms with Gasteiger partial charge in [-0.1, -0.05) is 0 Å². The van der Waals surface area contributed by atoms with Gasteiger partial charge in [-0.3, -0.25) is 0 Å². The Kier molecular flexibility index (Phi) is 4.05. The van der Waals surface area contributed by atoms with E-state index >= 15 is 0 Å². The molecule has 0 fully saturated rings. The van der Waals surface area contributed by atoms with Crippen molar-refractivity contribution in [2.75, 3.05) is 11.9 Å². The highest BCUT2D eigenvalue weighted by Crippen LogP contribution is 2.15. The fraction of sp³-hybridized carbons (Fsp3) is 0.400. The van der Waals surface area contributed by atoms with Crippen molar-refractivity contribution in [3.8, 4) is 0 Å². The minimum Gasteiger partial charge on any atom is -0.416 e. The van der Waals surface area contributed by atoms with Gasteiger partial charge in [0.2, 0.25) is 0 Å². The molecule has 0 amide bonds. The number of hydrogen-bond acceptors (Lipinski definition) is 5. The maximum absolute atomic E-state index is 5.04. The van der Waals surface area contributed by atoms with Crippen LogP contribution in [0.15, 0.2) is 12.1 Å². The molecule has 0 unspecified atom stereocenters. The van der Waals surface area contributed by atoms with Crippen LogP contribution in [0, 0.1) is 6.92 Å². The molecule has 1 rings (SSSR count). The molecule has 82 valence electrons. The van der Waals surface area contributed by atoms with E-state index in [9.17, 15) is 0 Å². The van der Waals surface area contributed by atoms with E-state index < -0.39 is 0 Å². The first-order chi connectivity index (χ1) is 7.19. The zero-order valence-electron chi connectivity index (χ0n) is 9.24. The predicted octanol–water partition coefficient (Wildman–Crippen LogP) is 1.47. The average Bonchev–Trinajstić information content (AvgIpc) is 2.24. The predicted molar refractivity (Wildman–Crippen MR) is 59.9 cm³/mol. The summed E-state index contributed by atoms with van der Waals surface area (Å²) >= 11 is 0. The third-order valence-corrected chi connectivity index (χ3v) is 1.99. The normalized spacial score (nSPS) is 11.3. The standard InChI is InChI=1S/C10H16N4O/c1-4-12-10-8(3)9(13-6-14-10)5-7(2)15-11/h5-6H,4,11H2,1-3H3,(H,12,13,14)/b7-5+. The van der Waals surface area contributed by atoms with Crippen LogP contribution in [0.4, 0.5) is 5.82 Å². The van der Waals surface area contributed by atoms with Gasteiger partial charge in [-0.05, 0) is 20.8 Å². The molecule has 1 heterocycles. The number of rotatable bonds is 4. The van der Waals surface area contributed by atoms with Crippen molar-refractivity contribution in [3.63, 3.8) is 0 Å². The van der Waals surface area contributed by atoms with Gasteiger partial charge < -0.3 is 10.2 Å². The molecule has 5 heteroatoms. The minimum atomic E-state index is 0.610. The van der Waals surface area contributed by atoms with Crippen molar-refractivity contribution in [2.24, 2.45) is 5.90 Å². The van der Waals surface area contributed by atoms with Crippen LogP contribution >= 0.6 is 0 Å². The molecular weight excluding hydrogens is 192 g/mol. The summed E-state index contributed by atoms with van der Waals surface area (Å²) in [5.41, 5.74) is 1.79. The zero-order chi connectivity index (χ0) is 11.3. The second-order valence-electron chi connectivity index (χ2n) is 3.14. The lowest BCUT2D eigenvalue weighted by atomic mass is 10.2. The summed E-state index contributed by atoms with van der Waals surface area (Å²) in [6, 6.07) is 0. The van der Waals surface area contributed by atoms with Gasteiger partial charge >= 0.3 is 0 Å². The quantitative estimate of drug-likeness (QED) is 0.579. The molecule has 15 heavy (non-hydrogen) atoms. The Hall–Kier alpha value is -1.62. The van der Waals surface area contributed by atoms with Gasteiger partial charge in [0.15, 0.2) is 0 Å². The molecule has 0 bridgehead atoms. The van der Waals surface area contributed by atoms with E-state index in [1.807, 2.05) is 13.8 Å². The Morgan fingerprint density at radius 1 is 1.60 bits per heavy atom. The fourth-order valence-electron chi connectivity index (χ4n) is 1.18. The zero-order valence-corrected chi connectivity index (χ0v) is 9.24. The van der Waals surface area contributed by atoms with Crippen LogP contribution in [-0.2, 0) is 4.84 Å². The Bertz CT molecular complexity index is 362. The van der Waals surface area contributed by atoms with Crippen molar-refractivity contribution in [2.45, 2.75) is 20.8 Å². The SMILES string of the molecule is CCNc1ncnc(/C=C(\C)ON)c1C. The van der Waals surface area contributed by atoms with Crippen molar-refractivity contribution >= 4 is 11.9 Å². The topological polar surface area (TPSA) is 73.1 Å². The lowest BCUT2D eigenvalue weighted by Crippen LogP contribution is -2.04. The Labute approximate surface area is 89.3 Å². The third-order valence-electron chi connectivity index (χ3n) is 1.99. The van der Waals surface area contributed by atoms with Crippen LogP contribution < -0.4 is 11.2 Å². The molecule has 0 radical (unpaired) electrons. The number of nitrogens with one attached hydrogen (secondary N) is 1. The van der Waals surface area contributed by atoms with Crippen molar-refractivity contribution in [1.82, 2.24) is 9.97 Å². The molecule has 1 aromatic heterocycles. The molecule has 3 N–H and O–H groups in total. The van der Waals surface area contributed by atoms with Gasteiger partial charge in [-0.2, -0.15) is 5.90 Å². The van der Waals surface area contributed by atoms with Gasteiger partial charge in [0.25, 0.3) is 0 Å². The highest BCUT2D eigenvalue weighted by atomic mass is 16.6. The number of aromatic nitrogens is 2. The van der Waals surface area contributed by atoms with Gasteiger partial charge in [0.1, 0.15) is 17.9 Å². The molecule has 0 spiro atoms. The highest BCUT2D eigenvalue weighted by molar-refractivity contribution is 5.57. The Morgan fingerprint density at radius 2 is 2.33 bits per heavy atom. The van der Waals surface area contributed by atoms with Crippen molar-refractivity contribution < 1.29 is 4.84 Å². The molecule has 1 aromatic rings. The van der Waals surface area contributed by atoms with E-state index in [4.69, 9.17) is 5.90 Å². The first-order valence-electron chi connectivity index (χ1n) is 4.79. The summed E-state index contributed by atoms with van der Waals surface area (Å²) in [7, 11) is 0. The average molecular weight is 208 g/mol. The van der Waals surface area contributed by atoms with E-state index in [0.717, 1.165) is 23.6 Å². The summed E-state index contributed by atoms with van der Waals surface area (Å²) in [5.74, 6) is 6.49. The van der Waals surface area contributed by atoms with E-state index in [-0.39, 0.29) is 0 Å². The Balaban J connectivity index is 3.04. The monoisotopic (exact) mass is 208 g/mol. The fourth-order valence-corrected chi connectivity index (χ4v) is 1.18. The number of nitrogens with two attached hydrogens (primary N) is 1. The molecule has 5 nitrogen and oxygen atoms in total. The van der Waals surface area contributed by atoms with Crippen LogP contribution in [0.25, 0.3) is 6.08 Å². The van der Waals surface area contributed by atoms with Crippen LogP contribution in [0.2, 0.25) is 0 Å². The number of allylic oxidation sites excluding steroid dienone is 1. The molecule has 0 aliphatic carbocycles. The lowest BCUT2D eigenvalue weighted by molar-refractivity contribution is 0.226. The second-order valence-corrected chi connectivity index (χ2v) is 3.14. The molecule has 0 saturated heterocycles. The summed E-state index contributed by atoms with van der Waals surface area (Å²) in [4.78, 5) is 12.9. The van der Waals surface area contributed by atoms with Gasteiger partial charge in [-0.25, -0.2) is 9.97 Å². The van der Waals surface area contributed by atoms with Gasteiger partial charge in [0.05, 0.1) is 5.69 Å². The van der Waals surface area contributed by atoms with Crippen molar-refractivity contribution in [3.05, 3.63) is 23.3 Å². The first kappa shape index (κ1) is 11.5. The highest BCUT2D eigenvalue weighted by Gasteiger charge is 2.04. The van der Waals surface area contributed by atoms with Crippen LogP contribution in [0.1, 0.15) is 25.1 Å². The molecule has 0 aromatic carbocycles. The second kappa shape index (κ2) is 5.31. The number of nitrogens with zero attached hydrogens (tertiary/aromatic N) is 2. The van der Waals surface area contributed by atoms with E-state index in [1.54, 1.807) is 13.0 Å². The van der Waals surface area contributed by atoms with Crippen LogP contribution in [0.5, 0.6) is 0 Å². The van der Waals surface area contributed by atoms with Gasteiger partial charge in [0, 0.05) is 18.2 Å². The number of anilines is 1. The number of hydrogen-bond donors (Lipinski definition) is 2. The molecular formula is C10H16N4O. The summed E-state index contributed by atoms with van der Waals surface area (Å²) in [6.45, 7) is 6.57. The maximum atomic E-state index is 5.04. The molecule has 0 atom stereocenters. The summed E-state index contributed by atoms with van der Waals surface area (Å²) in [6.07, 6.45) is 3.29. The summed E-state index contributed by atoms with van der Waals surface area (Å²) < 4.78 is 0. The third kappa shape index (κ3) is 2.92. The maximum Gasteiger partial charge on any atom is 0.132 e. The minimum absolute atomic E-state index is 0.610. The van der Waals surface area contributed by atoms with Gasteiger partial charge in [-0.15, -0.1) is 0 Å². The first-order valence-corrected chi connectivity index (χ1v) is 4.79. The van der Waals surface area contributed by atoms with E-state index in [0.29, 0.717) is 5.76 Å². The smallest absolute Gasteiger partial charge is 0.132 e. The molecule has 0 aliphatic heterocycles. The van der Waals surface area contributed by atoms with Crippen LogP contribution in [-0.4, -0.2) is 16.5 Å². The van der Waals surface area contributed by atoms with E-state index in [2.05, 4.69) is 20.1 Å². The van der Waals surface area contributed by atoms with Crippen LogP contribution in [0.3, 0.4) is 0 Å². The van der Waals surface area contributed by atoms with E-state index in [1.165, 1.54) is 6.33 Å². The Morgan fingerprint density at radius 3 is 2.93 bits per heavy atom. The molecule has 0 aliphatic rings. The largest absolute Gasteiger partial charge is 0.416 e.